The molecule has 0 saturated carbocycles. The summed E-state index contributed by atoms with van der Waals surface area (Å²) in [5, 5.41) is 0.702. The summed E-state index contributed by atoms with van der Waals surface area (Å²) in [6, 6.07) is 15.2. The van der Waals surface area contributed by atoms with Crippen LogP contribution in [-0.4, -0.2) is 4.98 Å². The third-order valence-corrected chi connectivity index (χ3v) is 4.28. The van der Waals surface area contributed by atoms with Crippen LogP contribution in [0, 0.1) is 0 Å². The number of anilines is 1. The molecule has 0 aliphatic carbocycles. The lowest BCUT2D eigenvalue weighted by Gasteiger charge is -2.02. The van der Waals surface area contributed by atoms with Crippen LogP contribution in [-0.2, 0) is 5.75 Å². The Balaban J connectivity index is 1.71. The summed E-state index contributed by atoms with van der Waals surface area (Å²) < 4.78 is 5.76. The number of oxazole rings is 1. The Morgan fingerprint density at radius 1 is 1.10 bits per heavy atom. The molecule has 106 valence electrons. The summed E-state index contributed by atoms with van der Waals surface area (Å²) in [4.78, 5) is 5.33. The molecule has 0 atom stereocenters. The average Bonchev–Trinajstić information content (AvgIpc) is 2.96. The van der Waals surface area contributed by atoms with Crippen LogP contribution in [0.4, 0.5) is 5.69 Å². The van der Waals surface area contributed by atoms with Gasteiger partial charge in [0, 0.05) is 21.2 Å². The van der Waals surface area contributed by atoms with Crippen LogP contribution in [0.1, 0.15) is 5.89 Å². The third-order valence-electron chi connectivity index (χ3n) is 2.95. The molecule has 21 heavy (non-hydrogen) atoms. The molecular formula is C16H13ClN2OS. The number of halogens is 1. The fraction of sp³-hybridized carbons (Fsp3) is 0.0625. The van der Waals surface area contributed by atoms with Crippen molar-refractivity contribution in [2.45, 2.75) is 10.6 Å². The zero-order valence-corrected chi connectivity index (χ0v) is 12.7. The van der Waals surface area contributed by atoms with Crippen LogP contribution < -0.4 is 5.73 Å². The fourth-order valence-electron chi connectivity index (χ4n) is 1.88. The number of nitrogen functional groups attached to an aromatic ring is 1. The van der Waals surface area contributed by atoms with Gasteiger partial charge in [-0.05, 0) is 36.4 Å². The van der Waals surface area contributed by atoms with Gasteiger partial charge in [-0.1, -0.05) is 23.7 Å². The number of rotatable bonds is 4. The molecule has 0 unspecified atom stereocenters. The summed E-state index contributed by atoms with van der Waals surface area (Å²) in [5.41, 5.74) is 7.64. The average molecular weight is 317 g/mol. The first-order valence-corrected chi connectivity index (χ1v) is 7.77. The molecule has 0 aliphatic heterocycles. The van der Waals surface area contributed by atoms with E-state index >= 15 is 0 Å². The molecule has 3 rings (SSSR count). The maximum atomic E-state index is 5.91. The Bertz CT molecular complexity index is 740. The highest BCUT2D eigenvalue weighted by molar-refractivity contribution is 7.98. The van der Waals surface area contributed by atoms with E-state index in [9.17, 15) is 0 Å². The first-order chi connectivity index (χ1) is 10.2. The predicted octanol–water partition coefficient (Wildman–Crippen LogP) is 4.87. The summed E-state index contributed by atoms with van der Waals surface area (Å²) in [6.45, 7) is 0. The zero-order valence-electron chi connectivity index (χ0n) is 11.1. The van der Waals surface area contributed by atoms with Gasteiger partial charge in [-0.25, -0.2) is 4.98 Å². The van der Waals surface area contributed by atoms with Crippen LogP contribution in [0.2, 0.25) is 5.02 Å². The quantitative estimate of drug-likeness (QED) is 0.551. The van der Waals surface area contributed by atoms with Crippen LogP contribution in [0.5, 0.6) is 0 Å². The maximum absolute atomic E-state index is 5.91. The zero-order chi connectivity index (χ0) is 14.7. The van der Waals surface area contributed by atoms with Gasteiger partial charge in [0.1, 0.15) is 0 Å². The van der Waals surface area contributed by atoms with Crippen molar-refractivity contribution in [3.63, 3.8) is 0 Å². The molecule has 5 heteroatoms. The number of thioether (sulfide) groups is 1. The molecule has 0 fully saturated rings. The van der Waals surface area contributed by atoms with E-state index in [1.807, 2.05) is 48.5 Å². The first kappa shape index (κ1) is 14.0. The van der Waals surface area contributed by atoms with E-state index in [1.165, 1.54) is 0 Å². The number of hydrogen-bond donors (Lipinski definition) is 1. The van der Waals surface area contributed by atoms with Crippen LogP contribution in [0.25, 0.3) is 11.3 Å². The van der Waals surface area contributed by atoms with E-state index in [-0.39, 0.29) is 0 Å². The predicted molar refractivity (Wildman–Crippen MR) is 87.4 cm³/mol. The van der Waals surface area contributed by atoms with Crippen molar-refractivity contribution in [2.24, 2.45) is 0 Å². The van der Waals surface area contributed by atoms with Crippen molar-refractivity contribution in [1.82, 2.24) is 4.98 Å². The maximum Gasteiger partial charge on any atom is 0.205 e. The molecule has 3 aromatic rings. The van der Waals surface area contributed by atoms with Crippen molar-refractivity contribution in [1.29, 1.82) is 0 Å². The number of nitrogens with two attached hydrogens (primary N) is 1. The molecule has 0 amide bonds. The topological polar surface area (TPSA) is 52.0 Å². The summed E-state index contributed by atoms with van der Waals surface area (Å²) in [5.74, 6) is 2.05. The minimum absolute atomic E-state index is 0.641. The van der Waals surface area contributed by atoms with Crippen molar-refractivity contribution in [2.75, 3.05) is 5.73 Å². The lowest BCUT2D eigenvalue weighted by molar-refractivity contribution is 0.530. The second kappa shape index (κ2) is 6.24. The number of nitrogens with zero attached hydrogens (tertiary/aromatic N) is 1. The highest BCUT2D eigenvalue weighted by atomic mass is 35.5. The van der Waals surface area contributed by atoms with Crippen molar-refractivity contribution in [3.05, 3.63) is 65.6 Å². The van der Waals surface area contributed by atoms with E-state index in [0.717, 1.165) is 21.9 Å². The Kier molecular flexibility index (Phi) is 4.18. The smallest absolute Gasteiger partial charge is 0.205 e. The van der Waals surface area contributed by atoms with E-state index in [2.05, 4.69) is 4.98 Å². The van der Waals surface area contributed by atoms with Gasteiger partial charge >= 0.3 is 0 Å². The van der Waals surface area contributed by atoms with Gasteiger partial charge in [-0.2, -0.15) is 0 Å². The standard InChI is InChI=1S/C16H13ClN2OS/c17-12-7-5-11(6-8-12)14-9-19-16(20-14)10-21-15-4-2-1-3-13(15)18/h1-9H,10,18H2. The third kappa shape index (κ3) is 3.40. The summed E-state index contributed by atoms with van der Waals surface area (Å²) in [7, 11) is 0. The normalized spacial score (nSPS) is 10.7. The molecule has 0 radical (unpaired) electrons. The number of hydrogen-bond acceptors (Lipinski definition) is 4. The van der Waals surface area contributed by atoms with E-state index in [0.29, 0.717) is 16.7 Å². The number of benzene rings is 2. The van der Waals surface area contributed by atoms with E-state index in [1.54, 1.807) is 18.0 Å². The second-order valence-electron chi connectivity index (χ2n) is 4.45. The van der Waals surface area contributed by atoms with Crippen molar-refractivity contribution in [3.8, 4) is 11.3 Å². The number of para-hydroxylation sites is 1. The highest BCUT2D eigenvalue weighted by Crippen LogP contribution is 2.29. The van der Waals surface area contributed by atoms with Crippen LogP contribution in [0.3, 0.4) is 0 Å². The van der Waals surface area contributed by atoms with Gasteiger partial charge < -0.3 is 10.2 Å². The SMILES string of the molecule is Nc1ccccc1SCc1ncc(-c2ccc(Cl)cc2)o1. The Morgan fingerprint density at radius 3 is 2.62 bits per heavy atom. The molecule has 0 saturated heterocycles. The molecule has 0 aliphatic rings. The van der Waals surface area contributed by atoms with Crippen LogP contribution in [0.15, 0.2) is 64.0 Å². The highest BCUT2D eigenvalue weighted by Gasteiger charge is 2.08. The van der Waals surface area contributed by atoms with Gasteiger partial charge in [-0.15, -0.1) is 11.8 Å². The Hall–Kier alpha value is -1.91. The van der Waals surface area contributed by atoms with E-state index in [4.69, 9.17) is 21.8 Å². The van der Waals surface area contributed by atoms with E-state index < -0.39 is 0 Å². The van der Waals surface area contributed by atoms with Crippen LogP contribution >= 0.6 is 23.4 Å². The van der Waals surface area contributed by atoms with Gasteiger partial charge in [0.05, 0.1) is 11.9 Å². The minimum atomic E-state index is 0.641. The molecular weight excluding hydrogens is 304 g/mol. The molecule has 2 aromatic carbocycles. The lowest BCUT2D eigenvalue weighted by Crippen LogP contribution is -1.88. The second-order valence-corrected chi connectivity index (χ2v) is 5.91. The molecule has 1 aromatic heterocycles. The lowest BCUT2D eigenvalue weighted by atomic mass is 10.2. The number of aromatic nitrogens is 1. The molecule has 1 heterocycles. The van der Waals surface area contributed by atoms with Gasteiger partial charge in [0.25, 0.3) is 0 Å². The molecule has 0 spiro atoms. The first-order valence-electron chi connectivity index (χ1n) is 6.40. The monoisotopic (exact) mass is 316 g/mol. The van der Waals surface area contributed by atoms with Gasteiger partial charge in [0.2, 0.25) is 5.89 Å². The Morgan fingerprint density at radius 2 is 1.86 bits per heavy atom. The fourth-order valence-corrected chi connectivity index (χ4v) is 2.82. The largest absolute Gasteiger partial charge is 0.440 e. The van der Waals surface area contributed by atoms with Gasteiger partial charge in [0.15, 0.2) is 5.76 Å². The Labute approximate surface area is 132 Å². The minimum Gasteiger partial charge on any atom is -0.440 e. The molecule has 3 nitrogen and oxygen atoms in total. The molecule has 0 bridgehead atoms. The summed E-state index contributed by atoms with van der Waals surface area (Å²) >= 11 is 7.48. The van der Waals surface area contributed by atoms with Gasteiger partial charge in [-0.3, -0.25) is 0 Å². The van der Waals surface area contributed by atoms with Crippen molar-refractivity contribution >= 4 is 29.1 Å². The molecule has 2 N–H and O–H groups in total. The summed E-state index contributed by atoms with van der Waals surface area (Å²) in [6.07, 6.45) is 1.73. The van der Waals surface area contributed by atoms with Crippen molar-refractivity contribution < 1.29 is 4.42 Å².